The number of nitrogens with two attached hydrogens (primary N) is 1. The number of hydrogen-bond donors (Lipinski definition) is 1. The molecule has 4 nitrogen and oxygen atoms in total. The van der Waals surface area contributed by atoms with Crippen molar-refractivity contribution in [2.45, 2.75) is 38.6 Å². The lowest BCUT2D eigenvalue weighted by Crippen LogP contribution is -2.06. The van der Waals surface area contributed by atoms with Crippen LogP contribution in [-0.4, -0.2) is 9.55 Å². The van der Waals surface area contributed by atoms with Crippen molar-refractivity contribution in [3.8, 4) is 17.3 Å². The van der Waals surface area contributed by atoms with Gasteiger partial charge in [0.05, 0.1) is 11.6 Å². The maximum atomic E-state index is 9.01. The Labute approximate surface area is 118 Å². The zero-order valence-electron chi connectivity index (χ0n) is 11.6. The molecular formula is C16H18N4. The van der Waals surface area contributed by atoms with E-state index in [2.05, 4.69) is 17.6 Å². The molecule has 20 heavy (non-hydrogen) atoms. The van der Waals surface area contributed by atoms with Crippen molar-refractivity contribution in [3.05, 3.63) is 35.7 Å². The van der Waals surface area contributed by atoms with E-state index >= 15 is 0 Å². The summed E-state index contributed by atoms with van der Waals surface area (Å²) in [6, 6.07) is 9.65. The summed E-state index contributed by atoms with van der Waals surface area (Å²) in [5, 5.41) is 9.01. The summed E-state index contributed by atoms with van der Waals surface area (Å²) in [6.07, 6.45) is 3.45. The van der Waals surface area contributed by atoms with Crippen LogP contribution < -0.4 is 5.73 Å². The Kier molecular flexibility index (Phi) is 3.19. The van der Waals surface area contributed by atoms with Gasteiger partial charge in [-0.3, -0.25) is 0 Å². The van der Waals surface area contributed by atoms with Gasteiger partial charge in [0.2, 0.25) is 0 Å². The first-order valence-electron chi connectivity index (χ1n) is 7.11. The van der Waals surface area contributed by atoms with Crippen LogP contribution in [0, 0.1) is 11.3 Å². The van der Waals surface area contributed by atoms with E-state index in [0.717, 1.165) is 35.9 Å². The van der Waals surface area contributed by atoms with Gasteiger partial charge in [0.15, 0.2) is 0 Å². The Hall–Kier alpha value is -2.28. The lowest BCUT2D eigenvalue weighted by Gasteiger charge is -2.07. The fourth-order valence-corrected chi connectivity index (χ4v) is 2.54. The normalized spacial score (nSPS) is 14.2. The van der Waals surface area contributed by atoms with Crippen molar-refractivity contribution in [1.29, 1.82) is 5.26 Å². The molecule has 1 heterocycles. The van der Waals surface area contributed by atoms with E-state index < -0.39 is 0 Å². The van der Waals surface area contributed by atoms with Gasteiger partial charge in [-0.25, -0.2) is 4.98 Å². The smallest absolute Gasteiger partial charge is 0.131 e. The second-order valence-electron chi connectivity index (χ2n) is 5.32. The van der Waals surface area contributed by atoms with Gasteiger partial charge in [-0.15, -0.1) is 0 Å². The van der Waals surface area contributed by atoms with E-state index in [9.17, 15) is 0 Å². The predicted molar refractivity (Wildman–Crippen MR) is 79.1 cm³/mol. The molecule has 0 aliphatic heterocycles. The van der Waals surface area contributed by atoms with Crippen LogP contribution in [0.15, 0.2) is 24.3 Å². The molecule has 1 fully saturated rings. The summed E-state index contributed by atoms with van der Waals surface area (Å²) in [6.45, 7) is 3.05. The lowest BCUT2D eigenvalue weighted by molar-refractivity contribution is 0.646. The molecule has 0 atom stereocenters. The average molecular weight is 266 g/mol. The van der Waals surface area contributed by atoms with Gasteiger partial charge in [0.25, 0.3) is 0 Å². The monoisotopic (exact) mass is 266 g/mol. The van der Waals surface area contributed by atoms with Crippen LogP contribution >= 0.6 is 0 Å². The second-order valence-corrected chi connectivity index (χ2v) is 5.32. The second kappa shape index (κ2) is 5.01. The molecule has 1 saturated carbocycles. The highest BCUT2D eigenvalue weighted by Gasteiger charge is 2.30. The Balaban J connectivity index is 2.09. The van der Waals surface area contributed by atoms with Gasteiger partial charge in [0, 0.05) is 18.0 Å². The van der Waals surface area contributed by atoms with E-state index in [1.165, 1.54) is 12.8 Å². The Morgan fingerprint density at radius 3 is 2.90 bits per heavy atom. The third-order valence-electron chi connectivity index (χ3n) is 3.69. The zero-order valence-corrected chi connectivity index (χ0v) is 11.6. The molecule has 0 radical (unpaired) electrons. The molecule has 2 N–H and O–H groups in total. The Bertz CT molecular complexity index is 674. The van der Waals surface area contributed by atoms with Crippen molar-refractivity contribution in [3.63, 3.8) is 0 Å². The fourth-order valence-electron chi connectivity index (χ4n) is 2.54. The summed E-state index contributed by atoms with van der Waals surface area (Å²) in [5.74, 6) is 2.40. The number of nitriles is 1. The van der Waals surface area contributed by atoms with Crippen molar-refractivity contribution in [2.24, 2.45) is 0 Å². The standard InChI is InChI=1S/C16H18N4/c1-2-8-20-15(18)14(19-16(20)12-6-7-12)13-5-3-4-11(9-13)10-17/h3-5,9,12H,2,6-8,18H2,1H3. The molecule has 0 amide bonds. The summed E-state index contributed by atoms with van der Waals surface area (Å²) in [4.78, 5) is 4.76. The van der Waals surface area contributed by atoms with Crippen LogP contribution in [0.25, 0.3) is 11.3 Å². The number of nitrogens with zero attached hydrogens (tertiary/aromatic N) is 3. The summed E-state index contributed by atoms with van der Waals surface area (Å²) in [5.41, 5.74) is 8.68. The molecule has 1 aromatic heterocycles. The van der Waals surface area contributed by atoms with Crippen LogP contribution in [0.3, 0.4) is 0 Å². The quantitative estimate of drug-likeness (QED) is 0.923. The molecule has 4 heteroatoms. The number of hydrogen-bond acceptors (Lipinski definition) is 3. The van der Waals surface area contributed by atoms with Gasteiger partial charge >= 0.3 is 0 Å². The first-order chi connectivity index (χ1) is 9.74. The highest BCUT2D eigenvalue weighted by atomic mass is 15.1. The van der Waals surface area contributed by atoms with Crippen molar-refractivity contribution >= 4 is 5.82 Å². The molecule has 1 aliphatic rings. The van der Waals surface area contributed by atoms with Gasteiger partial charge in [0.1, 0.15) is 17.3 Å². The number of anilines is 1. The number of aromatic nitrogens is 2. The molecule has 102 valence electrons. The minimum atomic E-state index is 0.566. The van der Waals surface area contributed by atoms with Crippen LogP contribution in [0.1, 0.15) is 43.5 Å². The largest absolute Gasteiger partial charge is 0.383 e. The maximum Gasteiger partial charge on any atom is 0.131 e. The van der Waals surface area contributed by atoms with Crippen molar-refractivity contribution in [1.82, 2.24) is 9.55 Å². The minimum absolute atomic E-state index is 0.566. The van der Waals surface area contributed by atoms with Crippen LogP contribution in [0.4, 0.5) is 5.82 Å². The molecule has 1 aromatic carbocycles. The third-order valence-corrected chi connectivity index (χ3v) is 3.69. The van der Waals surface area contributed by atoms with Gasteiger partial charge in [-0.05, 0) is 31.4 Å². The zero-order chi connectivity index (χ0) is 14.1. The van der Waals surface area contributed by atoms with Crippen LogP contribution in [0.2, 0.25) is 0 Å². The molecule has 2 aromatic rings. The fraction of sp³-hybridized carbons (Fsp3) is 0.375. The minimum Gasteiger partial charge on any atom is -0.383 e. The molecule has 0 unspecified atom stereocenters. The predicted octanol–water partition coefficient (Wildman–Crippen LogP) is 3.29. The highest BCUT2D eigenvalue weighted by molar-refractivity contribution is 5.72. The third kappa shape index (κ3) is 2.16. The van der Waals surface area contributed by atoms with Crippen molar-refractivity contribution < 1.29 is 0 Å². The Morgan fingerprint density at radius 2 is 2.25 bits per heavy atom. The molecule has 0 bridgehead atoms. The molecule has 1 aliphatic carbocycles. The van der Waals surface area contributed by atoms with E-state index in [4.69, 9.17) is 16.0 Å². The number of imidazole rings is 1. The first-order valence-corrected chi connectivity index (χ1v) is 7.11. The van der Waals surface area contributed by atoms with E-state index in [1.807, 2.05) is 18.2 Å². The average Bonchev–Trinajstić information content (AvgIpc) is 3.26. The van der Waals surface area contributed by atoms with Crippen LogP contribution in [-0.2, 0) is 6.54 Å². The number of benzene rings is 1. The molecule has 0 spiro atoms. The summed E-state index contributed by atoms with van der Waals surface area (Å²) < 4.78 is 2.14. The van der Waals surface area contributed by atoms with E-state index in [-0.39, 0.29) is 0 Å². The van der Waals surface area contributed by atoms with Crippen molar-refractivity contribution in [2.75, 3.05) is 5.73 Å². The molecule has 0 saturated heterocycles. The lowest BCUT2D eigenvalue weighted by atomic mass is 10.1. The molecule has 3 rings (SSSR count). The van der Waals surface area contributed by atoms with E-state index in [1.54, 1.807) is 6.07 Å². The van der Waals surface area contributed by atoms with Gasteiger partial charge in [-0.1, -0.05) is 19.1 Å². The SMILES string of the molecule is CCCn1c(C2CC2)nc(-c2cccc(C#N)c2)c1N. The number of rotatable bonds is 4. The van der Waals surface area contributed by atoms with Crippen LogP contribution in [0.5, 0.6) is 0 Å². The Morgan fingerprint density at radius 1 is 1.45 bits per heavy atom. The number of nitrogen functional groups attached to an aromatic ring is 1. The summed E-state index contributed by atoms with van der Waals surface area (Å²) >= 11 is 0. The highest BCUT2D eigenvalue weighted by Crippen LogP contribution is 2.42. The summed E-state index contributed by atoms with van der Waals surface area (Å²) in [7, 11) is 0. The van der Waals surface area contributed by atoms with Gasteiger partial charge in [-0.2, -0.15) is 5.26 Å². The van der Waals surface area contributed by atoms with E-state index in [0.29, 0.717) is 11.5 Å². The molecular weight excluding hydrogens is 248 g/mol. The van der Waals surface area contributed by atoms with Gasteiger partial charge < -0.3 is 10.3 Å². The maximum absolute atomic E-state index is 9.01. The first kappa shape index (κ1) is 12.7. The topological polar surface area (TPSA) is 67.6 Å².